The van der Waals surface area contributed by atoms with E-state index in [0.29, 0.717) is 58.1 Å². The van der Waals surface area contributed by atoms with Crippen LogP contribution in [0, 0.1) is 5.92 Å². The number of aliphatic hydroxyl groups excluding tert-OH is 1. The molecule has 212 valence electrons. The Morgan fingerprint density at radius 3 is 2.59 bits per heavy atom. The minimum Gasteiger partial charge on any atom is -0.446 e. The van der Waals surface area contributed by atoms with E-state index in [2.05, 4.69) is 29.4 Å². The molecule has 0 radical (unpaired) electrons. The van der Waals surface area contributed by atoms with E-state index in [-0.39, 0.29) is 35.8 Å². The number of hydrogen-bond donors (Lipinski definition) is 3. The number of carbonyl (C=O) groups excluding carboxylic acids is 2. The van der Waals surface area contributed by atoms with Crippen molar-refractivity contribution in [3.8, 4) is 0 Å². The topological polar surface area (TPSA) is 119 Å². The van der Waals surface area contributed by atoms with Crippen molar-refractivity contribution < 1.29 is 33.6 Å². The molecule has 4 saturated heterocycles. The van der Waals surface area contributed by atoms with Crippen LogP contribution in [0.4, 0.5) is 4.79 Å². The smallest absolute Gasteiger partial charge is 0.407 e. The summed E-state index contributed by atoms with van der Waals surface area (Å²) in [6, 6.07) is -0.769. The lowest BCUT2D eigenvalue weighted by Gasteiger charge is -2.36. The molecule has 4 aliphatic rings. The van der Waals surface area contributed by atoms with Gasteiger partial charge < -0.3 is 34.7 Å². The maximum atomic E-state index is 13.0. The number of alkyl carbamates (subject to hydrolysis) is 1. The number of aliphatic hydroxyl groups is 1. The molecule has 10 heteroatoms. The minimum absolute atomic E-state index is 0.0236. The highest BCUT2D eigenvalue weighted by Gasteiger charge is 2.47. The quantitative estimate of drug-likeness (QED) is 0.396. The first kappa shape index (κ1) is 28.5. The fourth-order valence-corrected chi connectivity index (χ4v) is 6.28. The van der Waals surface area contributed by atoms with E-state index in [0.717, 1.165) is 38.7 Å². The summed E-state index contributed by atoms with van der Waals surface area (Å²) in [5.41, 5.74) is -0.211. The zero-order valence-corrected chi connectivity index (χ0v) is 22.8. The van der Waals surface area contributed by atoms with Gasteiger partial charge in [-0.05, 0) is 44.4 Å². The van der Waals surface area contributed by atoms with Gasteiger partial charge >= 0.3 is 6.09 Å². The predicted octanol–water partition coefficient (Wildman–Crippen LogP) is 1.97. The van der Waals surface area contributed by atoms with E-state index in [1.54, 1.807) is 0 Å². The molecule has 4 heterocycles. The molecule has 0 aromatic rings. The molecule has 0 saturated carbocycles. The second-order valence-electron chi connectivity index (χ2n) is 11.7. The van der Waals surface area contributed by atoms with Crippen molar-refractivity contribution in [2.24, 2.45) is 5.92 Å². The van der Waals surface area contributed by atoms with Crippen LogP contribution in [0.5, 0.6) is 0 Å². The standard InChI is InChI=1S/C27H47N3O7/c1-4-20(28-26(33)37-19-7-11-36-24(14-19)23-6-5-10-35-23)22(31)17-30(16-18(2)3)21-15-27(29-25(21)32)8-12-34-13-9-27/h18-24,31H,4-17H2,1-3H3,(H,28,33)(H,29,32)/t19?,20?,21?,22-,23?,24-/m1/s1. The molecule has 2 amide bonds. The largest absolute Gasteiger partial charge is 0.446 e. The number of nitrogens with one attached hydrogen (secondary N) is 2. The summed E-state index contributed by atoms with van der Waals surface area (Å²) in [6.45, 7) is 9.78. The van der Waals surface area contributed by atoms with Gasteiger partial charge in [-0.3, -0.25) is 9.69 Å². The van der Waals surface area contributed by atoms with Crippen LogP contribution in [0.3, 0.4) is 0 Å². The molecule has 0 aromatic carbocycles. The zero-order valence-electron chi connectivity index (χ0n) is 22.8. The summed E-state index contributed by atoms with van der Waals surface area (Å²) in [4.78, 5) is 27.9. The highest BCUT2D eigenvalue weighted by Crippen LogP contribution is 2.33. The molecule has 4 fully saturated rings. The maximum Gasteiger partial charge on any atom is 0.407 e. The fourth-order valence-electron chi connectivity index (χ4n) is 6.28. The van der Waals surface area contributed by atoms with Crippen molar-refractivity contribution in [1.29, 1.82) is 0 Å². The van der Waals surface area contributed by atoms with E-state index in [9.17, 15) is 14.7 Å². The average molecular weight is 526 g/mol. The zero-order chi connectivity index (χ0) is 26.4. The van der Waals surface area contributed by atoms with Gasteiger partial charge in [0.1, 0.15) is 6.10 Å². The highest BCUT2D eigenvalue weighted by atomic mass is 16.6. The van der Waals surface area contributed by atoms with Crippen LogP contribution in [0.15, 0.2) is 0 Å². The monoisotopic (exact) mass is 525 g/mol. The summed E-state index contributed by atoms with van der Waals surface area (Å²) in [6.07, 6.45) is 4.68. The molecular weight excluding hydrogens is 478 g/mol. The number of amides is 2. The first-order chi connectivity index (χ1) is 17.8. The van der Waals surface area contributed by atoms with Gasteiger partial charge in [0, 0.05) is 51.3 Å². The third-order valence-corrected chi connectivity index (χ3v) is 8.31. The van der Waals surface area contributed by atoms with Crippen LogP contribution in [0.1, 0.15) is 72.1 Å². The van der Waals surface area contributed by atoms with Gasteiger partial charge in [0.2, 0.25) is 5.91 Å². The molecule has 1 spiro atoms. The fraction of sp³-hybridized carbons (Fsp3) is 0.926. The number of rotatable bonds is 10. The Labute approximate surface area is 221 Å². The molecule has 0 aromatic heterocycles. The maximum absolute atomic E-state index is 13.0. The molecule has 0 aliphatic carbocycles. The van der Waals surface area contributed by atoms with Gasteiger partial charge in [0.25, 0.3) is 0 Å². The summed E-state index contributed by atoms with van der Waals surface area (Å²) in [5, 5.41) is 17.3. The van der Waals surface area contributed by atoms with E-state index in [1.165, 1.54) is 0 Å². The van der Waals surface area contributed by atoms with Crippen LogP contribution in [0.2, 0.25) is 0 Å². The lowest BCUT2D eigenvalue weighted by atomic mass is 9.87. The van der Waals surface area contributed by atoms with Crippen molar-refractivity contribution in [2.45, 2.75) is 114 Å². The SMILES string of the molecule is CCC(NC(=O)OC1CCO[C@@H](C2CCCO2)C1)[C@H](O)CN(CC(C)C)C1CC2(CCOCC2)NC1=O. The number of hydrogen-bond acceptors (Lipinski definition) is 8. The Hall–Kier alpha value is -1.46. The van der Waals surface area contributed by atoms with Gasteiger partial charge in [-0.25, -0.2) is 4.79 Å². The molecule has 6 atom stereocenters. The van der Waals surface area contributed by atoms with E-state index < -0.39 is 18.2 Å². The molecule has 0 bridgehead atoms. The Morgan fingerprint density at radius 1 is 1.16 bits per heavy atom. The number of nitrogens with zero attached hydrogens (tertiary/aromatic N) is 1. The molecular formula is C27H47N3O7. The van der Waals surface area contributed by atoms with Crippen LogP contribution >= 0.6 is 0 Å². The molecule has 4 aliphatic heterocycles. The Bertz CT molecular complexity index is 754. The van der Waals surface area contributed by atoms with Gasteiger partial charge in [0.05, 0.1) is 37.0 Å². The van der Waals surface area contributed by atoms with Crippen molar-refractivity contribution in [3.63, 3.8) is 0 Å². The van der Waals surface area contributed by atoms with Crippen LogP contribution in [-0.4, -0.2) is 104 Å². The van der Waals surface area contributed by atoms with E-state index in [4.69, 9.17) is 18.9 Å². The minimum atomic E-state index is -0.829. The second kappa shape index (κ2) is 13.1. The van der Waals surface area contributed by atoms with Crippen molar-refractivity contribution in [2.75, 3.05) is 39.5 Å². The average Bonchev–Trinajstić information content (AvgIpc) is 3.51. The molecule has 37 heavy (non-hydrogen) atoms. The first-order valence-corrected chi connectivity index (χ1v) is 14.3. The predicted molar refractivity (Wildman–Crippen MR) is 137 cm³/mol. The summed E-state index contributed by atoms with van der Waals surface area (Å²) < 4.78 is 22.9. The van der Waals surface area contributed by atoms with Gasteiger partial charge in [-0.1, -0.05) is 20.8 Å². The van der Waals surface area contributed by atoms with E-state index in [1.807, 2.05) is 6.92 Å². The molecule has 10 nitrogen and oxygen atoms in total. The summed E-state index contributed by atoms with van der Waals surface area (Å²) in [5.74, 6) is 0.352. The Morgan fingerprint density at radius 2 is 1.92 bits per heavy atom. The summed E-state index contributed by atoms with van der Waals surface area (Å²) >= 11 is 0. The lowest BCUT2D eigenvalue weighted by Crippen LogP contribution is -2.52. The van der Waals surface area contributed by atoms with Gasteiger partial charge in [0.15, 0.2) is 0 Å². The normalized spacial score (nSPS) is 31.5. The van der Waals surface area contributed by atoms with E-state index >= 15 is 0 Å². The number of ether oxygens (including phenoxy) is 4. The molecule has 4 rings (SSSR count). The van der Waals surface area contributed by atoms with Crippen molar-refractivity contribution in [1.82, 2.24) is 15.5 Å². The van der Waals surface area contributed by atoms with Gasteiger partial charge in [-0.15, -0.1) is 0 Å². The Balaban J connectivity index is 1.31. The highest BCUT2D eigenvalue weighted by molar-refractivity contribution is 5.85. The van der Waals surface area contributed by atoms with Gasteiger partial charge in [-0.2, -0.15) is 0 Å². The van der Waals surface area contributed by atoms with Crippen LogP contribution < -0.4 is 10.6 Å². The number of carbonyl (C=O) groups is 2. The third-order valence-electron chi connectivity index (χ3n) is 8.31. The van der Waals surface area contributed by atoms with Crippen LogP contribution in [-0.2, 0) is 23.7 Å². The Kier molecular flexibility index (Phi) is 10.1. The summed E-state index contributed by atoms with van der Waals surface area (Å²) in [7, 11) is 0. The van der Waals surface area contributed by atoms with Crippen LogP contribution in [0.25, 0.3) is 0 Å². The second-order valence-corrected chi connectivity index (χ2v) is 11.7. The molecule has 3 N–H and O–H groups in total. The third kappa shape index (κ3) is 7.56. The molecule has 4 unspecified atom stereocenters. The van der Waals surface area contributed by atoms with Crippen molar-refractivity contribution in [3.05, 3.63) is 0 Å². The van der Waals surface area contributed by atoms with Crippen molar-refractivity contribution >= 4 is 12.0 Å². The lowest BCUT2D eigenvalue weighted by molar-refractivity contribution is -0.125. The first-order valence-electron chi connectivity index (χ1n) is 14.3.